The molecule has 1 saturated heterocycles. The summed E-state index contributed by atoms with van der Waals surface area (Å²) < 4.78 is 2.18. The first-order valence-corrected chi connectivity index (χ1v) is 8.56. The quantitative estimate of drug-likeness (QED) is 0.878. The maximum Gasteiger partial charge on any atom is 0.283 e. The number of rotatable bonds is 5. The fourth-order valence-electron chi connectivity index (χ4n) is 2.77. The van der Waals surface area contributed by atoms with Crippen LogP contribution >= 0.6 is 15.9 Å². The first kappa shape index (κ1) is 16.5. The van der Waals surface area contributed by atoms with Gasteiger partial charge in [-0.2, -0.15) is 5.10 Å². The third-order valence-corrected chi connectivity index (χ3v) is 4.58. The molecule has 0 aliphatic carbocycles. The zero-order valence-electron chi connectivity index (χ0n) is 13.1. The normalized spacial score (nSPS) is 16.7. The molecule has 21 heavy (non-hydrogen) atoms. The van der Waals surface area contributed by atoms with E-state index in [1.54, 1.807) is 4.68 Å². The first-order valence-electron chi connectivity index (χ1n) is 7.76. The second-order valence-corrected chi connectivity index (χ2v) is 6.84. The summed E-state index contributed by atoms with van der Waals surface area (Å²) >= 11 is 3.47. The van der Waals surface area contributed by atoms with Gasteiger partial charge < -0.3 is 10.2 Å². The number of hydrogen-bond donors (Lipinski definition) is 1. The van der Waals surface area contributed by atoms with E-state index in [4.69, 9.17) is 0 Å². The van der Waals surface area contributed by atoms with Crippen molar-refractivity contribution in [3.05, 3.63) is 21.0 Å². The van der Waals surface area contributed by atoms with Gasteiger partial charge in [0.2, 0.25) is 0 Å². The summed E-state index contributed by atoms with van der Waals surface area (Å²) in [6.45, 7) is 9.91. The van der Waals surface area contributed by atoms with E-state index in [0.29, 0.717) is 23.0 Å². The van der Waals surface area contributed by atoms with Gasteiger partial charge in [0.15, 0.2) is 0 Å². The SMILES string of the molecule is CCNC1CCN(c2cnn(CC(C)C)c(=O)c2Br)CC1. The van der Waals surface area contributed by atoms with E-state index >= 15 is 0 Å². The van der Waals surface area contributed by atoms with Crippen LogP contribution in [0.5, 0.6) is 0 Å². The van der Waals surface area contributed by atoms with E-state index in [1.807, 2.05) is 6.20 Å². The summed E-state index contributed by atoms with van der Waals surface area (Å²) in [6, 6.07) is 0.597. The Morgan fingerprint density at radius 3 is 2.67 bits per heavy atom. The molecule has 1 aliphatic rings. The van der Waals surface area contributed by atoms with Gasteiger partial charge in [-0.25, -0.2) is 4.68 Å². The topological polar surface area (TPSA) is 50.2 Å². The van der Waals surface area contributed by atoms with Gasteiger partial charge in [0.25, 0.3) is 5.56 Å². The second-order valence-electron chi connectivity index (χ2n) is 6.04. The molecule has 2 heterocycles. The van der Waals surface area contributed by atoms with Crippen LogP contribution in [0.4, 0.5) is 5.69 Å². The van der Waals surface area contributed by atoms with Crippen molar-refractivity contribution in [2.45, 2.75) is 46.2 Å². The molecule has 1 fully saturated rings. The van der Waals surface area contributed by atoms with Crippen LogP contribution in [-0.4, -0.2) is 35.5 Å². The Balaban J connectivity index is 2.11. The Morgan fingerprint density at radius 2 is 2.10 bits per heavy atom. The number of nitrogens with zero attached hydrogens (tertiary/aromatic N) is 3. The standard InChI is InChI=1S/C15H25BrN4O/c1-4-17-12-5-7-19(8-6-12)13-9-18-20(10-11(2)3)15(21)14(13)16/h9,11-12,17H,4-8,10H2,1-3H3. The van der Waals surface area contributed by atoms with Gasteiger partial charge in [0, 0.05) is 25.7 Å². The van der Waals surface area contributed by atoms with Crippen LogP contribution in [0.2, 0.25) is 0 Å². The maximum atomic E-state index is 12.3. The highest BCUT2D eigenvalue weighted by atomic mass is 79.9. The summed E-state index contributed by atoms with van der Waals surface area (Å²) in [5.74, 6) is 0.406. The molecule has 1 aromatic rings. The molecule has 1 N–H and O–H groups in total. The molecule has 0 spiro atoms. The van der Waals surface area contributed by atoms with Crippen LogP contribution < -0.4 is 15.8 Å². The highest BCUT2D eigenvalue weighted by molar-refractivity contribution is 9.10. The van der Waals surface area contributed by atoms with E-state index in [-0.39, 0.29) is 5.56 Å². The smallest absolute Gasteiger partial charge is 0.283 e. The molecule has 6 heteroatoms. The second kappa shape index (κ2) is 7.40. The van der Waals surface area contributed by atoms with Crippen molar-refractivity contribution >= 4 is 21.6 Å². The molecular weight excluding hydrogens is 332 g/mol. The molecule has 0 atom stereocenters. The Hall–Kier alpha value is -0.880. The van der Waals surface area contributed by atoms with Gasteiger partial charge in [-0.1, -0.05) is 20.8 Å². The predicted molar refractivity (Wildman–Crippen MR) is 89.9 cm³/mol. The molecule has 0 radical (unpaired) electrons. The molecular formula is C15H25BrN4O. The lowest BCUT2D eigenvalue weighted by molar-refractivity contribution is 0.421. The monoisotopic (exact) mass is 356 g/mol. The number of nitrogens with one attached hydrogen (secondary N) is 1. The number of anilines is 1. The summed E-state index contributed by atoms with van der Waals surface area (Å²) in [6.07, 6.45) is 4.03. The molecule has 5 nitrogen and oxygen atoms in total. The van der Waals surface area contributed by atoms with Crippen LogP contribution in [0, 0.1) is 5.92 Å². The molecule has 0 unspecified atom stereocenters. The highest BCUT2D eigenvalue weighted by Gasteiger charge is 2.22. The molecule has 0 aromatic carbocycles. The van der Waals surface area contributed by atoms with Gasteiger partial charge in [-0.3, -0.25) is 4.79 Å². The highest BCUT2D eigenvalue weighted by Crippen LogP contribution is 2.25. The Kier molecular flexibility index (Phi) is 5.81. The van der Waals surface area contributed by atoms with Crippen molar-refractivity contribution in [3.63, 3.8) is 0 Å². The summed E-state index contributed by atoms with van der Waals surface area (Å²) in [5, 5.41) is 7.82. The van der Waals surface area contributed by atoms with E-state index in [1.165, 1.54) is 0 Å². The lowest BCUT2D eigenvalue weighted by atomic mass is 10.0. The van der Waals surface area contributed by atoms with Gasteiger partial charge in [-0.15, -0.1) is 0 Å². The summed E-state index contributed by atoms with van der Waals surface area (Å²) in [7, 11) is 0. The lowest BCUT2D eigenvalue weighted by Crippen LogP contribution is -2.43. The average Bonchev–Trinajstić information content (AvgIpc) is 2.45. The van der Waals surface area contributed by atoms with Gasteiger partial charge in [0.1, 0.15) is 4.47 Å². The van der Waals surface area contributed by atoms with Crippen LogP contribution in [-0.2, 0) is 6.54 Å². The maximum absolute atomic E-state index is 12.3. The largest absolute Gasteiger partial charge is 0.369 e. The van der Waals surface area contributed by atoms with Gasteiger partial charge >= 0.3 is 0 Å². The zero-order valence-corrected chi connectivity index (χ0v) is 14.7. The number of aromatic nitrogens is 2. The number of halogens is 1. The van der Waals surface area contributed by atoms with Crippen LogP contribution in [0.15, 0.2) is 15.5 Å². The molecule has 118 valence electrons. The Morgan fingerprint density at radius 1 is 1.43 bits per heavy atom. The van der Waals surface area contributed by atoms with Crippen molar-refractivity contribution in [1.29, 1.82) is 0 Å². The minimum atomic E-state index is -0.0324. The fourth-order valence-corrected chi connectivity index (χ4v) is 3.32. The minimum absolute atomic E-state index is 0.0324. The van der Waals surface area contributed by atoms with E-state index < -0.39 is 0 Å². The van der Waals surface area contributed by atoms with Gasteiger partial charge in [0.05, 0.1) is 11.9 Å². The van der Waals surface area contributed by atoms with Crippen LogP contribution in [0.1, 0.15) is 33.6 Å². The predicted octanol–water partition coefficient (Wildman–Crippen LogP) is 2.24. The van der Waals surface area contributed by atoms with E-state index in [0.717, 1.165) is 38.2 Å². The average molecular weight is 357 g/mol. The van der Waals surface area contributed by atoms with Crippen molar-refractivity contribution in [2.75, 3.05) is 24.5 Å². The van der Waals surface area contributed by atoms with Gasteiger partial charge in [-0.05, 0) is 41.2 Å². The van der Waals surface area contributed by atoms with Crippen molar-refractivity contribution in [3.8, 4) is 0 Å². The van der Waals surface area contributed by atoms with Crippen molar-refractivity contribution in [2.24, 2.45) is 5.92 Å². The fraction of sp³-hybridized carbons (Fsp3) is 0.733. The molecule has 1 aliphatic heterocycles. The van der Waals surface area contributed by atoms with Crippen molar-refractivity contribution < 1.29 is 0 Å². The zero-order chi connectivity index (χ0) is 15.4. The lowest BCUT2D eigenvalue weighted by Gasteiger charge is -2.34. The Bertz CT molecular complexity index is 521. The Labute approximate surface area is 134 Å². The molecule has 2 rings (SSSR count). The van der Waals surface area contributed by atoms with Crippen molar-refractivity contribution in [1.82, 2.24) is 15.1 Å². The van der Waals surface area contributed by atoms with E-state index in [2.05, 4.69) is 52.0 Å². The summed E-state index contributed by atoms with van der Waals surface area (Å²) in [4.78, 5) is 14.6. The molecule has 0 saturated carbocycles. The first-order chi connectivity index (χ1) is 10.0. The van der Waals surface area contributed by atoms with Crippen LogP contribution in [0.25, 0.3) is 0 Å². The molecule has 0 amide bonds. The third kappa shape index (κ3) is 4.07. The number of hydrogen-bond acceptors (Lipinski definition) is 4. The van der Waals surface area contributed by atoms with E-state index in [9.17, 15) is 4.79 Å². The molecule has 0 bridgehead atoms. The minimum Gasteiger partial charge on any atom is -0.369 e. The third-order valence-electron chi connectivity index (χ3n) is 3.83. The summed E-state index contributed by atoms with van der Waals surface area (Å²) in [5.41, 5.74) is 0.893. The number of piperidine rings is 1. The van der Waals surface area contributed by atoms with Crippen LogP contribution in [0.3, 0.4) is 0 Å². The molecule has 1 aromatic heterocycles.